The lowest BCUT2D eigenvalue weighted by molar-refractivity contribution is -0.137. The highest BCUT2D eigenvalue weighted by atomic mass is 35.5. The van der Waals surface area contributed by atoms with E-state index in [4.69, 9.17) is 11.6 Å². The van der Waals surface area contributed by atoms with E-state index in [2.05, 4.69) is 20.8 Å². The number of nitrogens with one attached hydrogen (secondary N) is 2. The summed E-state index contributed by atoms with van der Waals surface area (Å²) in [5.41, 5.74) is 1.10. The minimum atomic E-state index is -4.57. The summed E-state index contributed by atoms with van der Waals surface area (Å²) < 4.78 is 40.8. The molecule has 0 bridgehead atoms. The van der Waals surface area contributed by atoms with Crippen LogP contribution in [0.15, 0.2) is 78.0 Å². The Morgan fingerprint density at radius 1 is 1.00 bits per heavy atom. The smallest absolute Gasteiger partial charge is 0.345 e. The molecular weight excluding hydrogens is 539 g/mol. The molecular formula is C26H21ClF3N5O2S. The average molecular weight is 560 g/mol. The third-order valence-corrected chi connectivity index (χ3v) is 6.56. The quantitative estimate of drug-likeness (QED) is 0.262. The number of carbonyl (C=O) groups is 2. The van der Waals surface area contributed by atoms with Gasteiger partial charge in [-0.1, -0.05) is 59.3 Å². The first kappa shape index (κ1) is 27.2. The third kappa shape index (κ3) is 6.73. The van der Waals surface area contributed by atoms with Crippen molar-refractivity contribution >= 4 is 40.9 Å². The first-order valence-electron chi connectivity index (χ1n) is 11.3. The number of thioether (sulfide) groups is 1. The molecule has 2 amide bonds. The molecule has 1 heterocycles. The first-order valence-corrected chi connectivity index (χ1v) is 12.6. The Labute approximate surface area is 225 Å². The number of hydrogen-bond donors (Lipinski definition) is 2. The zero-order valence-electron chi connectivity index (χ0n) is 19.9. The van der Waals surface area contributed by atoms with Crippen LogP contribution in [0.3, 0.4) is 0 Å². The standard InChI is InChI=1S/C26H21ClF3N5O2S/c1-16-6-5-7-17(12-16)24(37)31-14-22-33-34-25(35(22)19-8-3-2-4-9-19)38-15-23(36)32-21-13-18(26(28,29)30)10-11-20(21)27/h2-13H,14-15H2,1H3,(H,31,37)(H,32,36). The van der Waals surface area contributed by atoms with Crippen molar-refractivity contribution in [3.63, 3.8) is 0 Å². The predicted octanol–water partition coefficient (Wildman–Crippen LogP) is 5.91. The molecule has 4 rings (SSSR count). The van der Waals surface area contributed by atoms with Gasteiger partial charge in [0.05, 0.1) is 28.6 Å². The average Bonchev–Trinajstić information content (AvgIpc) is 3.30. The van der Waals surface area contributed by atoms with E-state index in [-0.39, 0.29) is 28.9 Å². The van der Waals surface area contributed by atoms with Crippen LogP contribution in [0.5, 0.6) is 0 Å². The summed E-state index contributed by atoms with van der Waals surface area (Å²) in [5, 5.41) is 13.9. The second kappa shape index (κ2) is 11.7. The number of carbonyl (C=O) groups excluding carboxylic acids is 2. The molecule has 12 heteroatoms. The van der Waals surface area contributed by atoms with Crippen LogP contribution in [0.2, 0.25) is 5.02 Å². The van der Waals surface area contributed by atoms with Gasteiger partial charge in [-0.2, -0.15) is 13.2 Å². The molecule has 38 heavy (non-hydrogen) atoms. The number of aryl methyl sites for hydroxylation is 1. The molecule has 0 spiro atoms. The lowest BCUT2D eigenvalue weighted by Crippen LogP contribution is -2.24. The van der Waals surface area contributed by atoms with E-state index in [0.717, 1.165) is 35.5 Å². The van der Waals surface area contributed by atoms with E-state index in [1.165, 1.54) is 0 Å². The van der Waals surface area contributed by atoms with Gasteiger partial charge in [-0.25, -0.2) is 0 Å². The fourth-order valence-electron chi connectivity index (χ4n) is 3.51. The molecule has 2 N–H and O–H groups in total. The van der Waals surface area contributed by atoms with Gasteiger partial charge in [0.15, 0.2) is 11.0 Å². The van der Waals surface area contributed by atoms with Gasteiger partial charge >= 0.3 is 6.18 Å². The lowest BCUT2D eigenvalue weighted by atomic mass is 10.1. The molecule has 0 unspecified atom stereocenters. The van der Waals surface area contributed by atoms with E-state index < -0.39 is 17.6 Å². The monoisotopic (exact) mass is 559 g/mol. The summed E-state index contributed by atoms with van der Waals surface area (Å²) in [6.45, 7) is 1.96. The van der Waals surface area contributed by atoms with Crippen LogP contribution < -0.4 is 10.6 Å². The van der Waals surface area contributed by atoms with E-state index in [0.29, 0.717) is 22.2 Å². The van der Waals surface area contributed by atoms with Crippen molar-refractivity contribution in [3.8, 4) is 5.69 Å². The van der Waals surface area contributed by atoms with Gasteiger partial charge in [-0.15, -0.1) is 10.2 Å². The van der Waals surface area contributed by atoms with Gasteiger partial charge in [0.2, 0.25) is 5.91 Å². The molecule has 0 saturated carbocycles. The van der Waals surface area contributed by atoms with E-state index >= 15 is 0 Å². The van der Waals surface area contributed by atoms with Crippen LogP contribution in [0.4, 0.5) is 18.9 Å². The van der Waals surface area contributed by atoms with Gasteiger partial charge in [-0.3, -0.25) is 14.2 Å². The Kier molecular flexibility index (Phi) is 8.38. The zero-order chi connectivity index (χ0) is 27.3. The maximum absolute atomic E-state index is 13.0. The molecule has 0 aliphatic carbocycles. The highest BCUT2D eigenvalue weighted by molar-refractivity contribution is 7.99. The number of halogens is 4. The normalized spacial score (nSPS) is 11.3. The van der Waals surface area contributed by atoms with Crippen LogP contribution in [0.25, 0.3) is 5.69 Å². The number of alkyl halides is 3. The van der Waals surface area contributed by atoms with Crippen molar-refractivity contribution in [3.05, 3.63) is 100 Å². The number of rotatable bonds is 8. The number of para-hydroxylation sites is 1. The molecule has 0 radical (unpaired) electrons. The summed E-state index contributed by atoms with van der Waals surface area (Å²) in [5.74, 6) is -0.593. The second-order valence-electron chi connectivity index (χ2n) is 8.15. The highest BCUT2D eigenvalue weighted by Gasteiger charge is 2.31. The third-order valence-electron chi connectivity index (χ3n) is 5.30. The maximum atomic E-state index is 13.0. The van der Waals surface area contributed by atoms with Crippen molar-refractivity contribution in [2.24, 2.45) is 0 Å². The summed E-state index contributed by atoms with van der Waals surface area (Å²) >= 11 is 7.02. The summed E-state index contributed by atoms with van der Waals surface area (Å²) in [7, 11) is 0. The Hall–Kier alpha value is -3.83. The zero-order valence-corrected chi connectivity index (χ0v) is 21.5. The molecule has 7 nitrogen and oxygen atoms in total. The summed E-state index contributed by atoms with van der Waals surface area (Å²) in [4.78, 5) is 25.2. The number of aromatic nitrogens is 3. The van der Waals surface area contributed by atoms with Gasteiger partial charge in [0.1, 0.15) is 0 Å². The number of benzene rings is 3. The van der Waals surface area contributed by atoms with Crippen LogP contribution in [-0.2, 0) is 17.5 Å². The molecule has 4 aromatic rings. The Bertz CT molecular complexity index is 1460. The lowest BCUT2D eigenvalue weighted by Gasteiger charge is -2.12. The molecule has 0 aliphatic heterocycles. The minimum absolute atomic E-state index is 0.0181. The van der Waals surface area contributed by atoms with Crippen molar-refractivity contribution in [1.29, 1.82) is 0 Å². The summed E-state index contributed by atoms with van der Waals surface area (Å²) in [6, 6.07) is 19.0. The topological polar surface area (TPSA) is 88.9 Å². The second-order valence-corrected chi connectivity index (χ2v) is 9.50. The Morgan fingerprint density at radius 2 is 1.76 bits per heavy atom. The van der Waals surface area contributed by atoms with Gasteiger partial charge in [0, 0.05) is 11.3 Å². The van der Waals surface area contributed by atoms with Gasteiger partial charge < -0.3 is 10.6 Å². The largest absolute Gasteiger partial charge is 0.416 e. The molecule has 0 saturated heterocycles. The van der Waals surface area contributed by atoms with E-state index in [1.54, 1.807) is 22.8 Å². The number of hydrogen-bond acceptors (Lipinski definition) is 5. The molecule has 1 aromatic heterocycles. The minimum Gasteiger partial charge on any atom is -0.345 e. The molecule has 196 valence electrons. The fraction of sp³-hybridized carbons (Fsp3) is 0.154. The number of anilines is 1. The fourth-order valence-corrected chi connectivity index (χ4v) is 4.44. The Morgan fingerprint density at radius 3 is 2.47 bits per heavy atom. The SMILES string of the molecule is Cc1cccc(C(=O)NCc2nnc(SCC(=O)Nc3cc(C(F)(F)F)ccc3Cl)n2-c2ccccc2)c1. The van der Waals surface area contributed by atoms with Crippen LogP contribution in [-0.4, -0.2) is 32.3 Å². The van der Waals surface area contributed by atoms with E-state index in [1.807, 2.05) is 43.3 Å². The van der Waals surface area contributed by atoms with Crippen molar-refractivity contribution in [1.82, 2.24) is 20.1 Å². The van der Waals surface area contributed by atoms with Gasteiger partial charge in [0.25, 0.3) is 5.91 Å². The number of amides is 2. The molecule has 0 aliphatic rings. The van der Waals surface area contributed by atoms with Crippen molar-refractivity contribution < 1.29 is 22.8 Å². The highest BCUT2D eigenvalue weighted by Crippen LogP contribution is 2.34. The molecule has 3 aromatic carbocycles. The summed E-state index contributed by atoms with van der Waals surface area (Å²) in [6.07, 6.45) is -4.57. The van der Waals surface area contributed by atoms with Crippen molar-refractivity contribution in [2.45, 2.75) is 24.8 Å². The van der Waals surface area contributed by atoms with Crippen LogP contribution in [0, 0.1) is 6.92 Å². The maximum Gasteiger partial charge on any atom is 0.416 e. The molecule has 0 atom stereocenters. The first-order chi connectivity index (χ1) is 18.1. The van der Waals surface area contributed by atoms with Gasteiger partial charge in [-0.05, 0) is 49.4 Å². The van der Waals surface area contributed by atoms with Crippen LogP contribution in [0.1, 0.15) is 27.3 Å². The predicted molar refractivity (Wildman–Crippen MR) is 140 cm³/mol. The Balaban J connectivity index is 1.49. The van der Waals surface area contributed by atoms with Crippen LogP contribution >= 0.6 is 23.4 Å². The number of nitrogens with zero attached hydrogens (tertiary/aromatic N) is 3. The van der Waals surface area contributed by atoms with E-state index in [9.17, 15) is 22.8 Å². The molecule has 0 fully saturated rings. The van der Waals surface area contributed by atoms with Crippen molar-refractivity contribution in [2.75, 3.05) is 11.1 Å².